The number of carbonyl (C=O) groups excluding carboxylic acids is 2. The molecule has 0 aliphatic carbocycles. The van der Waals surface area contributed by atoms with Gasteiger partial charge in [-0.1, -0.05) is 23.2 Å². The smallest absolute Gasteiger partial charge is 0.267 e. The SMILES string of the molecule is CN(C)CCCNC(=O)c1cc(C(=O)c2ccc(Cl)cc2Cl)c[nH]1. The van der Waals surface area contributed by atoms with Crippen LogP contribution in [0.15, 0.2) is 30.5 Å². The molecule has 0 saturated carbocycles. The monoisotopic (exact) mass is 367 g/mol. The number of nitrogens with one attached hydrogen (secondary N) is 2. The van der Waals surface area contributed by atoms with Gasteiger partial charge in [0.05, 0.1) is 5.02 Å². The average molecular weight is 368 g/mol. The van der Waals surface area contributed by atoms with Gasteiger partial charge in [-0.25, -0.2) is 0 Å². The van der Waals surface area contributed by atoms with E-state index in [9.17, 15) is 9.59 Å². The highest BCUT2D eigenvalue weighted by Crippen LogP contribution is 2.23. The summed E-state index contributed by atoms with van der Waals surface area (Å²) in [5.74, 6) is -0.505. The molecule has 2 aromatic rings. The summed E-state index contributed by atoms with van der Waals surface area (Å²) in [5.41, 5.74) is 1.06. The lowest BCUT2D eigenvalue weighted by Crippen LogP contribution is -2.27. The number of hydrogen-bond acceptors (Lipinski definition) is 3. The van der Waals surface area contributed by atoms with Gasteiger partial charge in [-0.2, -0.15) is 0 Å². The van der Waals surface area contributed by atoms with Gasteiger partial charge in [0.2, 0.25) is 0 Å². The number of H-pyrrole nitrogens is 1. The topological polar surface area (TPSA) is 65.2 Å². The van der Waals surface area contributed by atoms with Crippen LogP contribution in [0.1, 0.15) is 32.8 Å². The number of aromatic nitrogens is 1. The number of ketones is 1. The summed E-state index contributed by atoms with van der Waals surface area (Å²) >= 11 is 11.9. The van der Waals surface area contributed by atoms with Gasteiger partial charge in [-0.05, 0) is 51.3 Å². The Labute approximate surface area is 150 Å². The summed E-state index contributed by atoms with van der Waals surface area (Å²) in [4.78, 5) is 29.4. The van der Waals surface area contributed by atoms with Crippen molar-refractivity contribution >= 4 is 34.9 Å². The van der Waals surface area contributed by atoms with Gasteiger partial charge in [0, 0.05) is 28.9 Å². The van der Waals surface area contributed by atoms with Crippen molar-refractivity contribution in [1.82, 2.24) is 15.2 Å². The molecule has 2 rings (SSSR count). The molecule has 7 heteroatoms. The fourth-order valence-electron chi connectivity index (χ4n) is 2.18. The minimum Gasteiger partial charge on any atom is -0.356 e. The summed E-state index contributed by atoms with van der Waals surface area (Å²) in [6.07, 6.45) is 2.35. The third-order valence-corrected chi connectivity index (χ3v) is 3.98. The highest BCUT2D eigenvalue weighted by molar-refractivity contribution is 6.37. The zero-order valence-electron chi connectivity index (χ0n) is 13.5. The molecule has 128 valence electrons. The Kier molecular flexibility index (Phi) is 6.43. The molecule has 0 aliphatic rings. The largest absolute Gasteiger partial charge is 0.356 e. The highest BCUT2D eigenvalue weighted by Gasteiger charge is 2.17. The first-order valence-electron chi connectivity index (χ1n) is 7.49. The first-order valence-corrected chi connectivity index (χ1v) is 8.25. The third-order valence-electron chi connectivity index (χ3n) is 3.43. The van der Waals surface area contributed by atoms with Crippen molar-refractivity contribution in [3.63, 3.8) is 0 Å². The van der Waals surface area contributed by atoms with Crippen molar-refractivity contribution in [2.24, 2.45) is 0 Å². The van der Waals surface area contributed by atoms with Gasteiger partial charge >= 0.3 is 0 Å². The van der Waals surface area contributed by atoms with Gasteiger partial charge in [0.25, 0.3) is 5.91 Å². The molecule has 0 bridgehead atoms. The summed E-state index contributed by atoms with van der Waals surface area (Å²) in [7, 11) is 3.96. The molecule has 24 heavy (non-hydrogen) atoms. The van der Waals surface area contributed by atoms with Crippen molar-refractivity contribution in [2.75, 3.05) is 27.2 Å². The zero-order chi connectivity index (χ0) is 17.7. The second-order valence-corrected chi connectivity index (χ2v) is 6.51. The molecule has 0 unspecified atom stereocenters. The third kappa shape index (κ3) is 4.84. The van der Waals surface area contributed by atoms with Crippen molar-refractivity contribution in [2.45, 2.75) is 6.42 Å². The molecule has 5 nitrogen and oxygen atoms in total. The number of hydrogen-bond donors (Lipinski definition) is 2. The predicted molar refractivity (Wildman–Crippen MR) is 96.2 cm³/mol. The van der Waals surface area contributed by atoms with Crippen molar-refractivity contribution in [3.05, 3.63) is 57.3 Å². The lowest BCUT2D eigenvalue weighted by atomic mass is 10.1. The average Bonchev–Trinajstić information content (AvgIpc) is 3.00. The molecular weight excluding hydrogens is 349 g/mol. The van der Waals surface area contributed by atoms with Crippen LogP contribution in [0.4, 0.5) is 0 Å². The normalized spacial score (nSPS) is 10.9. The van der Waals surface area contributed by atoms with Crippen LogP contribution in [-0.2, 0) is 0 Å². The molecule has 0 atom stereocenters. The molecule has 1 heterocycles. The summed E-state index contributed by atoms with van der Waals surface area (Å²) in [6.45, 7) is 1.46. The van der Waals surface area contributed by atoms with E-state index in [-0.39, 0.29) is 16.7 Å². The van der Waals surface area contributed by atoms with E-state index >= 15 is 0 Å². The Bertz CT molecular complexity index is 741. The maximum Gasteiger partial charge on any atom is 0.267 e. The first-order chi connectivity index (χ1) is 11.4. The summed E-state index contributed by atoms with van der Waals surface area (Å²) in [5, 5.41) is 3.56. The van der Waals surface area contributed by atoms with Gasteiger partial charge in [0.1, 0.15) is 5.69 Å². The van der Waals surface area contributed by atoms with Gasteiger partial charge in [-0.3, -0.25) is 9.59 Å². The lowest BCUT2D eigenvalue weighted by molar-refractivity contribution is 0.0948. The minimum atomic E-state index is -0.264. The Hall–Kier alpha value is -1.82. The number of amides is 1. The van der Waals surface area contributed by atoms with E-state index in [1.807, 2.05) is 19.0 Å². The number of halogens is 2. The Morgan fingerprint density at radius 2 is 1.96 bits per heavy atom. The van der Waals surface area contributed by atoms with E-state index in [4.69, 9.17) is 23.2 Å². The van der Waals surface area contributed by atoms with Crippen molar-refractivity contribution in [3.8, 4) is 0 Å². The number of benzene rings is 1. The van der Waals surface area contributed by atoms with E-state index in [0.717, 1.165) is 13.0 Å². The van der Waals surface area contributed by atoms with Crippen LogP contribution in [0.5, 0.6) is 0 Å². The van der Waals surface area contributed by atoms with Crippen LogP contribution in [-0.4, -0.2) is 48.8 Å². The Morgan fingerprint density at radius 3 is 2.62 bits per heavy atom. The van der Waals surface area contributed by atoms with E-state index in [1.54, 1.807) is 12.1 Å². The van der Waals surface area contributed by atoms with Crippen LogP contribution in [0.3, 0.4) is 0 Å². The quantitative estimate of drug-likeness (QED) is 0.583. The maximum absolute atomic E-state index is 12.5. The highest BCUT2D eigenvalue weighted by atomic mass is 35.5. The van der Waals surface area contributed by atoms with Gasteiger partial charge < -0.3 is 15.2 Å². The molecular formula is C17H19Cl2N3O2. The first kappa shape index (κ1) is 18.5. The Morgan fingerprint density at radius 1 is 1.21 bits per heavy atom. The van der Waals surface area contributed by atoms with E-state index in [2.05, 4.69) is 10.3 Å². The fourth-order valence-corrected chi connectivity index (χ4v) is 2.67. The number of carbonyl (C=O) groups is 2. The van der Waals surface area contributed by atoms with E-state index in [0.29, 0.717) is 28.4 Å². The van der Waals surface area contributed by atoms with Crippen LogP contribution >= 0.6 is 23.2 Å². The van der Waals surface area contributed by atoms with E-state index in [1.165, 1.54) is 18.3 Å². The van der Waals surface area contributed by atoms with E-state index < -0.39 is 0 Å². The number of nitrogens with zero attached hydrogens (tertiary/aromatic N) is 1. The molecule has 1 aromatic carbocycles. The molecule has 0 aliphatic heterocycles. The fraction of sp³-hybridized carbons (Fsp3) is 0.294. The number of aromatic amines is 1. The van der Waals surface area contributed by atoms with Gasteiger partial charge in [0.15, 0.2) is 5.78 Å². The van der Waals surface area contributed by atoms with Gasteiger partial charge in [-0.15, -0.1) is 0 Å². The minimum absolute atomic E-state index is 0.241. The molecule has 2 N–H and O–H groups in total. The second-order valence-electron chi connectivity index (χ2n) is 5.67. The second kappa shape index (κ2) is 8.33. The number of rotatable bonds is 7. The molecule has 0 saturated heterocycles. The maximum atomic E-state index is 12.5. The molecule has 1 amide bonds. The standard InChI is InChI=1S/C17H19Cl2N3O2/c1-22(2)7-3-6-20-17(24)15-8-11(10-21-15)16(23)13-5-4-12(18)9-14(13)19/h4-5,8-10,21H,3,6-7H2,1-2H3,(H,20,24). The summed E-state index contributed by atoms with van der Waals surface area (Å²) < 4.78 is 0. The van der Waals surface area contributed by atoms with Crippen molar-refractivity contribution in [1.29, 1.82) is 0 Å². The van der Waals surface area contributed by atoms with Crippen LogP contribution in [0.25, 0.3) is 0 Å². The van der Waals surface area contributed by atoms with Crippen LogP contribution < -0.4 is 5.32 Å². The molecule has 0 radical (unpaired) electrons. The molecule has 1 aromatic heterocycles. The lowest BCUT2D eigenvalue weighted by Gasteiger charge is -2.09. The predicted octanol–water partition coefficient (Wildman–Crippen LogP) is 3.23. The Balaban J connectivity index is 2.01. The molecule has 0 spiro atoms. The van der Waals surface area contributed by atoms with Crippen LogP contribution in [0.2, 0.25) is 10.0 Å². The van der Waals surface area contributed by atoms with Crippen LogP contribution in [0, 0.1) is 0 Å². The zero-order valence-corrected chi connectivity index (χ0v) is 15.0. The van der Waals surface area contributed by atoms with Crippen molar-refractivity contribution < 1.29 is 9.59 Å². The molecule has 0 fully saturated rings. The summed E-state index contributed by atoms with van der Waals surface area (Å²) in [6, 6.07) is 6.21.